The van der Waals surface area contributed by atoms with Gasteiger partial charge < -0.3 is 9.84 Å². The number of carbonyl (C=O) groups is 1. The second-order valence-corrected chi connectivity index (χ2v) is 2.44. The molecule has 1 aromatic carbocycles. The van der Waals surface area contributed by atoms with E-state index in [1.807, 2.05) is 0 Å². The second kappa shape index (κ2) is 4.28. The highest BCUT2D eigenvalue weighted by Gasteiger charge is 1.97. The number of rotatable bonds is 0. The predicted molar refractivity (Wildman–Crippen MR) is 47.0 cm³/mol. The third-order valence-electron chi connectivity index (χ3n) is 1.38. The van der Waals surface area contributed by atoms with Crippen molar-refractivity contribution in [2.75, 3.05) is 7.11 Å². The minimum atomic E-state index is -0.714. The summed E-state index contributed by atoms with van der Waals surface area (Å²) in [6.07, 6.45) is 0. The van der Waals surface area contributed by atoms with E-state index in [-0.39, 0.29) is 11.3 Å². The summed E-state index contributed by atoms with van der Waals surface area (Å²) in [4.78, 5) is 10.6. The first-order valence-corrected chi connectivity index (χ1v) is 3.71. The van der Waals surface area contributed by atoms with Gasteiger partial charge in [-0.3, -0.25) is 0 Å². The van der Waals surface area contributed by atoms with Crippen molar-refractivity contribution < 1.29 is 19.0 Å². The molecule has 1 rings (SSSR count). The molecule has 0 fully saturated rings. The number of aromatic hydroxyl groups is 1. The molecular formula is C10H7FO3. The summed E-state index contributed by atoms with van der Waals surface area (Å²) >= 11 is 0. The van der Waals surface area contributed by atoms with Crippen LogP contribution in [0.5, 0.6) is 5.75 Å². The smallest absolute Gasteiger partial charge is 0.384 e. The number of methoxy groups -OCH3 is 1. The van der Waals surface area contributed by atoms with Crippen molar-refractivity contribution in [3.8, 4) is 17.6 Å². The van der Waals surface area contributed by atoms with Gasteiger partial charge in [0, 0.05) is 17.6 Å². The van der Waals surface area contributed by atoms with Crippen molar-refractivity contribution >= 4 is 5.97 Å². The number of hydrogen-bond acceptors (Lipinski definition) is 3. The SMILES string of the molecule is COC(=O)C#Cc1cc(O)cc(F)c1. The van der Waals surface area contributed by atoms with Crippen LogP contribution in [0.1, 0.15) is 5.56 Å². The van der Waals surface area contributed by atoms with Gasteiger partial charge in [-0.2, -0.15) is 0 Å². The molecule has 1 aromatic rings. The van der Waals surface area contributed by atoms with Crippen molar-refractivity contribution in [3.05, 3.63) is 29.6 Å². The highest BCUT2D eigenvalue weighted by Crippen LogP contribution is 2.13. The zero-order valence-electron chi connectivity index (χ0n) is 7.37. The molecule has 0 aliphatic rings. The number of esters is 1. The molecule has 0 saturated heterocycles. The number of hydrogen-bond donors (Lipinski definition) is 1. The maximum Gasteiger partial charge on any atom is 0.384 e. The lowest BCUT2D eigenvalue weighted by Gasteiger charge is -1.93. The fraction of sp³-hybridized carbons (Fsp3) is 0.100. The number of halogens is 1. The van der Waals surface area contributed by atoms with Gasteiger partial charge in [0.2, 0.25) is 0 Å². The molecule has 72 valence electrons. The minimum Gasteiger partial charge on any atom is -0.508 e. The van der Waals surface area contributed by atoms with Gasteiger partial charge in [-0.15, -0.1) is 0 Å². The molecule has 0 spiro atoms. The number of phenolic OH excluding ortho intramolecular Hbond substituents is 1. The minimum absolute atomic E-state index is 0.216. The number of ether oxygens (including phenoxy) is 1. The van der Waals surface area contributed by atoms with E-state index < -0.39 is 11.8 Å². The molecule has 0 radical (unpaired) electrons. The lowest BCUT2D eigenvalue weighted by Crippen LogP contribution is -1.94. The Bertz CT molecular complexity index is 395. The quantitative estimate of drug-likeness (QED) is 0.496. The molecule has 0 aromatic heterocycles. The van der Waals surface area contributed by atoms with E-state index in [1.54, 1.807) is 0 Å². The highest BCUT2D eigenvalue weighted by atomic mass is 19.1. The molecule has 0 amide bonds. The standard InChI is InChI=1S/C10H7FO3/c1-14-10(13)3-2-7-4-8(11)6-9(12)5-7/h4-6,12H,1H3. The van der Waals surface area contributed by atoms with Gasteiger partial charge in [-0.25, -0.2) is 9.18 Å². The first-order chi connectivity index (χ1) is 6.61. The first-order valence-electron chi connectivity index (χ1n) is 3.71. The third kappa shape index (κ3) is 2.79. The first kappa shape index (κ1) is 10.1. The molecule has 3 nitrogen and oxygen atoms in total. The molecule has 0 bridgehead atoms. The van der Waals surface area contributed by atoms with Crippen molar-refractivity contribution in [2.45, 2.75) is 0 Å². The molecule has 0 aliphatic heterocycles. The molecule has 0 aliphatic carbocycles. The van der Waals surface area contributed by atoms with E-state index in [2.05, 4.69) is 16.6 Å². The Morgan fingerprint density at radius 1 is 1.50 bits per heavy atom. The molecule has 0 atom stereocenters. The van der Waals surface area contributed by atoms with Gasteiger partial charge in [0.1, 0.15) is 11.6 Å². The van der Waals surface area contributed by atoms with Crippen LogP contribution < -0.4 is 0 Å². The Labute approximate surface area is 80.1 Å². The summed E-state index contributed by atoms with van der Waals surface area (Å²) in [6, 6.07) is 3.30. The summed E-state index contributed by atoms with van der Waals surface area (Å²) in [5.74, 6) is 2.90. The molecule has 0 heterocycles. The maximum atomic E-state index is 12.7. The van der Waals surface area contributed by atoms with Crippen molar-refractivity contribution in [1.82, 2.24) is 0 Å². The summed E-state index contributed by atoms with van der Waals surface area (Å²) in [5.41, 5.74) is 0.216. The summed E-state index contributed by atoms with van der Waals surface area (Å²) in [6.45, 7) is 0. The van der Waals surface area contributed by atoms with Crippen LogP contribution in [0.15, 0.2) is 18.2 Å². The Morgan fingerprint density at radius 3 is 2.79 bits per heavy atom. The van der Waals surface area contributed by atoms with Crippen LogP contribution in [0.4, 0.5) is 4.39 Å². The number of carbonyl (C=O) groups excluding carboxylic acids is 1. The van der Waals surface area contributed by atoms with Crippen LogP contribution in [0.3, 0.4) is 0 Å². The van der Waals surface area contributed by atoms with E-state index in [0.29, 0.717) is 0 Å². The summed E-state index contributed by atoms with van der Waals surface area (Å²) in [7, 11) is 1.19. The van der Waals surface area contributed by atoms with Gasteiger partial charge in [-0.05, 0) is 12.1 Å². The van der Waals surface area contributed by atoms with Crippen LogP contribution in [-0.2, 0) is 9.53 Å². The Morgan fingerprint density at radius 2 is 2.21 bits per heavy atom. The van der Waals surface area contributed by atoms with E-state index in [0.717, 1.165) is 12.1 Å². The van der Waals surface area contributed by atoms with Crippen molar-refractivity contribution in [1.29, 1.82) is 0 Å². The average Bonchev–Trinajstić information content (AvgIpc) is 2.12. The zero-order valence-corrected chi connectivity index (χ0v) is 7.37. The largest absolute Gasteiger partial charge is 0.508 e. The lowest BCUT2D eigenvalue weighted by atomic mass is 10.2. The Hall–Kier alpha value is -2.02. The van der Waals surface area contributed by atoms with Crippen LogP contribution in [0.2, 0.25) is 0 Å². The van der Waals surface area contributed by atoms with E-state index in [9.17, 15) is 9.18 Å². The van der Waals surface area contributed by atoms with Gasteiger partial charge in [-0.1, -0.05) is 5.92 Å². The number of benzene rings is 1. The normalized spacial score (nSPS) is 8.71. The zero-order chi connectivity index (χ0) is 10.6. The van der Waals surface area contributed by atoms with Gasteiger partial charge in [0.15, 0.2) is 0 Å². The maximum absolute atomic E-state index is 12.7. The van der Waals surface area contributed by atoms with Gasteiger partial charge in [0.05, 0.1) is 7.11 Å². The lowest BCUT2D eigenvalue weighted by molar-refractivity contribution is -0.133. The molecule has 0 saturated carbocycles. The molecule has 14 heavy (non-hydrogen) atoms. The van der Waals surface area contributed by atoms with Gasteiger partial charge in [0.25, 0.3) is 0 Å². The second-order valence-electron chi connectivity index (χ2n) is 2.44. The third-order valence-corrected chi connectivity index (χ3v) is 1.38. The summed E-state index contributed by atoms with van der Waals surface area (Å²) in [5, 5.41) is 8.99. The van der Waals surface area contributed by atoms with Crippen molar-refractivity contribution in [3.63, 3.8) is 0 Å². The monoisotopic (exact) mass is 194 g/mol. The fourth-order valence-electron chi connectivity index (χ4n) is 0.821. The Kier molecular flexibility index (Phi) is 3.08. The number of phenols is 1. The predicted octanol–water partition coefficient (Wildman–Crippen LogP) is 1.06. The average molecular weight is 194 g/mol. The highest BCUT2D eigenvalue weighted by molar-refractivity contribution is 5.89. The van der Waals surface area contributed by atoms with Crippen molar-refractivity contribution in [2.24, 2.45) is 0 Å². The van der Waals surface area contributed by atoms with E-state index in [1.165, 1.54) is 13.2 Å². The molecular weight excluding hydrogens is 187 g/mol. The van der Waals surface area contributed by atoms with Crippen LogP contribution in [-0.4, -0.2) is 18.2 Å². The molecule has 1 N–H and O–H groups in total. The fourth-order valence-corrected chi connectivity index (χ4v) is 0.821. The van der Waals surface area contributed by atoms with Gasteiger partial charge >= 0.3 is 5.97 Å². The Balaban J connectivity index is 2.95. The van der Waals surface area contributed by atoms with Crippen LogP contribution >= 0.6 is 0 Å². The van der Waals surface area contributed by atoms with E-state index in [4.69, 9.17) is 5.11 Å². The topological polar surface area (TPSA) is 46.5 Å². The molecule has 4 heteroatoms. The molecule has 0 unspecified atom stereocenters. The summed E-state index contributed by atoms with van der Waals surface area (Å²) < 4.78 is 17.0. The van der Waals surface area contributed by atoms with E-state index >= 15 is 0 Å². The van der Waals surface area contributed by atoms with Crippen LogP contribution in [0, 0.1) is 17.7 Å². The van der Waals surface area contributed by atoms with Crippen LogP contribution in [0.25, 0.3) is 0 Å².